The van der Waals surface area contributed by atoms with Gasteiger partial charge in [-0.3, -0.25) is 4.99 Å². The van der Waals surface area contributed by atoms with Crippen LogP contribution in [0.1, 0.15) is 32.8 Å². The fourth-order valence-corrected chi connectivity index (χ4v) is 1.18. The Hall–Kier alpha value is -1.11. The quantitative estimate of drug-likeness (QED) is 0.625. The molecule has 1 aromatic rings. The van der Waals surface area contributed by atoms with Gasteiger partial charge in [-0.2, -0.15) is 0 Å². The molecule has 70 valence electrons. The molecule has 0 unspecified atom stereocenters. The predicted octanol–water partition coefficient (Wildman–Crippen LogP) is 3.29. The van der Waals surface area contributed by atoms with Crippen molar-refractivity contribution in [3.05, 3.63) is 35.9 Å². The van der Waals surface area contributed by atoms with Crippen molar-refractivity contribution in [3.8, 4) is 0 Å². The highest BCUT2D eigenvalue weighted by molar-refractivity contribution is 5.98. The Kier molecular flexibility index (Phi) is 3.69. The van der Waals surface area contributed by atoms with E-state index in [2.05, 4.69) is 37.9 Å². The molecule has 0 bridgehead atoms. The lowest BCUT2D eigenvalue weighted by Gasteiger charge is -2.05. The molecule has 0 aliphatic heterocycles. The molecule has 0 saturated carbocycles. The van der Waals surface area contributed by atoms with Crippen LogP contribution in [0, 0.1) is 0 Å². The molecule has 0 saturated heterocycles. The van der Waals surface area contributed by atoms with Gasteiger partial charge in [0.05, 0.1) is 0 Å². The minimum absolute atomic E-state index is 0.431. The van der Waals surface area contributed by atoms with E-state index in [9.17, 15) is 0 Å². The Morgan fingerprint density at radius 2 is 1.92 bits per heavy atom. The molecule has 13 heavy (non-hydrogen) atoms. The Balaban J connectivity index is 2.79. The number of rotatable bonds is 3. The second-order valence-electron chi connectivity index (χ2n) is 3.34. The average Bonchev–Trinajstić information content (AvgIpc) is 2.19. The van der Waals surface area contributed by atoms with Crippen molar-refractivity contribution in [1.82, 2.24) is 0 Å². The van der Waals surface area contributed by atoms with Crippen LogP contribution >= 0.6 is 0 Å². The molecule has 0 aliphatic rings. The zero-order chi connectivity index (χ0) is 9.68. The van der Waals surface area contributed by atoms with Crippen LogP contribution in [0.4, 0.5) is 0 Å². The van der Waals surface area contributed by atoms with Gasteiger partial charge < -0.3 is 0 Å². The van der Waals surface area contributed by atoms with Crippen molar-refractivity contribution in [2.24, 2.45) is 4.99 Å². The fraction of sp³-hybridized carbons (Fsp3) is 0.417. The molecule has 0 fully saturated rings. The van der Waals surface area contributed by atoms with Crippen molar-refractivity contribution < 1.29 is 0 Å². The second-order valence-corrected chi connectivity index (χ2v) is 3.34. The minimum Gasteiger partial charge on any atom is -0.286 e. The summed E-state index contributed by atoms with van der Waals surface area (Å²) in [5.74, 6) is 0. The summed E-state index contributed by atoms with van der Waals surface area (Å²) in [5, 5.41) is 0. The summed E-state index contributed by atoms with van der Waals surface area (Å²) in [7, 11) is 0. The van der Waals surface area contributed by atoms with Crippen molar-refractivity contribution in [1.29, 1.82) is 0 Å². The zero-order valence-electron chi connectivity index (χ0n) is 8.62. The molecule has 1 aromatic carbocycles. The third kappa shape index (κ3) is 3.02. The van der Waals surface area contributed by atoms with Gasteiger partial charge >= 0.3 is 0 Å². The molecular formula is C12H17N. The van der Waals surface area contributed by atoms with E-state index in [0.717, 1.165) is 12.1 Å². The molecule has 1 heteroatoms. The molecule has 0 N–H and O–H groups in total. The first kappa shape index (κ1) is 9.97. The molecule has 1 atom stereocenters. The molecule has 0 spiro atoms. The topological polar surface area (TPSA) is 12.4 Å². The van der Waals surface area contributed by atoms with E-state index < -0.39 is 0 Å². The molecule has 0 radical (unpaired) electrons. The summed E-state index contributed by atoms with van der Waals surface area (Å²) in [6.45, 7) is 6.38. The number of hydrogen-bond acceptors (Lipinski definition) is 1. The van der Waals surface area contributed by atoms with Gasteiger partial charge in [-0.25, -0.2) is 0 Å². The largest absolute Gasteiger partial charge is 0.286 e. The lowest BCUT2D eigenvalue weighted by atomic mass is 10.1. The number of aliphatic imine (C=N–C) groups is 1. The smallest absolute Gasteiger partial charge is 0.0472 e. The lowest BCUT2D eigenvalue weighted by Crippen LogP contribution is -2.02. The normalized spacial score (nSPS) is 14.2. The van der Waals surface area contributed by atoms with Gasteiger partial charge in [0.25, 0.3) is 0 Å². The van der Waals surface area contributed by atoms with Crippen LogP contribution in [0.3, 0.4) is 0 Å². The van der Waals surface area contributed by atoms with Crippen LogP contribution in [0.15, 0.2) is 35.3 Å². The van der Waals surface area contributed by atoms with Gasteiger partial charge in [0.15, 0.2) is 0 Å². The molecule has 0 aromatic heterocycles. The van der Waals surface area contributed by atoms with Crippen LogP contribution in [-0.2, 0) is 0 Å². The number of benzene rings is 1. The Bertz CT molecular complexity index is 274. The monoisotopic (exact) mass is 175 g/mol. The van der Waals surface area contributed by atoms with E-state index in [1.807, 2.05) is 18.2 Å². The summed E-state index contributed by atoms with van der Waals surface area (Å²) in [6.07, 6.45) is 1.10. The predicted molar refractivity (Wildman–Crippen MR) is 58.4 cm³/mol. The SMILES string of the molecule is CC[C@H](C)N=C(C)c1ccccc1. The van der Waals surface area contributed by atoms with E-state index in [-0.39, 0.29) is 0 Å². The van der Waals surface area contributed by atoms with E-state index >= 15 is 0 Å². The van der Waals surface area contributed by atoms with Crippen molar-refractivity contribution >= 4 is 5.71 Å². The van der Waals surface area contributed by atoms with E-state index in [4.69, 9.17) is 0 Å². The van der Waals surface area contributed by atoms with Gasteiger partial charge in [-0.15, -0.1) is 0 Å². The van der Waals surface area contributed by atoms with Gasteiger partial charge in [0.2, 0.25) is 0 Å². The van der Waals surface area contributed by atoms with Crippen LogP contribution in [0.5, 0.6) is 0 Å². The Morgan fingerprint density at radius 1 is 1.31 bits per heavy atom. The summed E-state index contributed by atoms with van der Waals surface area (Å²) in [6, 6.07) is 10.7. The van der Waals surface area contributed by atoms with E-state index in [1.54, 1.807) is 0 Å². The molecule has 0 heterocycles. The van der Waals surface area contributed by atoms with Gasteiger partial charge in [-0.05, 0) is 25.8 Å². The average molecular weight is 175 g/mol. The second kappa shape index (κ2) is 4.80. The first-order chi connectivity index (χ1) is 6.24. The van der Waals surface area contributed by atoms with Crippen LogP contribution < -0.4 is 0 Å². The van der Waals surface area contributed by atoms with Crippen LogP contribution in [0.2, 0.25) is 0 Å². The standard InChI is InChI=1S/C12H17N/c1-4-10(2)13-11(3)12-8-6-5-7-9-12/h5-10H,4H2,1-3H3/t10-/m0/s1. The third-order valence-electron chi connectivity index (χ3n) is 2.20. The highest BCUT2D eigenvalue weighted by Crippen LogP contribution is 2.04. The van der Waals surface area contributed by atoms with Crippen molar-refractivity contribution in [2.45, 2.75) is 33.2 Å². The zero-order valence-corrected chi connectivity index (χ0v) is 8.62. The molecule has 0 amide bonds. The third-order valence-corrected chi connectivity index (χ3v) is 2.20. The van der Waals surface area contributed by atoms with E-state index in [1.165, 1.54) is 5.56 Å². The highest BCUT2D eigenvalue weighted by atomic mass is 14.8. The lowest BCUT2D eigenvalue weighted by molar-refractivity contribution is 0.717. The van der Waals surface area contributed by atoms with E-state index in [0.29, 0.717) is 6.04 Å². The summed E-state index contributed by atoms with van der Waals surface area (Å²) < 4.78 is 0. The van der Waals surface area contributed by atoms with Crippen LogP contribution in [-0.4, -0.2) is 11.8 Å². The molecule has 1 nitrogen and oxygen atoms in total. The molecule has 0 aliphatic carbocycles. The summed E-state index contributed by atoms with van der Waals surface area (Å²) in [4.78, 5) is 4.58. The first-order valence-electron chi connectivity index (χ1n) is 4.84. The first-order valence-corrected chi connectivity index (χ1v) is 4.84. The molecule has 1 rings (SSSR count). The van der Waals surface area contributed by atoms with Crippen molar-refractivity contribution in [3.63, 3.8) is 0 Å². The van der Waals surface area contributed by atoms with Gasteiger partial charge in [-0.1, -0.05) is 37.3 Å². The Labute approximate surface area is 80.5 Å². The fourth-order valence-electron chi connectivity index (χ4n) is 1.18. The Morgan fingerprint density at radius 3 is 2.46 bits per heavy atom. The van der Waals surface area contributed by atoms with Gasteiger partial charge in [0.1, 0.15) is 0 Å². The van der Waals surface area contributed by atoms with Crippen molar-refractivity contribution in [2.75, 3.05) is 0 Å². The molecular weight excluding hydrogens is 158 g/mol. The number of nitrogens with zero attached hydrogens (tertiary/aromatic N) is 1. The minimum atomic E-state index is 0.431. The van der Waals surface area contributed by atoms with Crippen LogP contribution in [0.25, 0.3) is 0 Å². The highest BCUT2D eigenvalue weighted by Gasteiger charge is 1.98. The number of hydrogen-bond donors (Lipinski definition) is 0. The maximum Gasteiger partial charge on any atom is 0.0472 e. The summed E-state index contributed by atoms with van der Waals surface area (Å²) >= 11 is 0. The summed E-state index contributed by atoms with van der Waals surface area (Å²) in [5.41, 5.74) is 2.36. The maximum absolute atomic E-state index is 4.58. The van der Waals surface area contributed by atoms with Gasteiger partial charge in [0, 0.05) is 11.8 Å². The maximum atomic E-state index is 4.58.